The highest BCUT2D eigenvalue weighted by Gasteiger charge is 2.36. The van der Waals surface area contributed by atoms with Gasteiger partial charge < -0.3 is 19.2 Å². The van der Waals surface area contributed by atoms with E-state index in [-0.39, 0.29) is 0 Å². The van der Waals surface area contributed by atoms with Crippen molar-refractivity contribution in [3.8, 4) is 17.2 Å². The molecule has 0 aliphatic carbocycles. The third-order valence-electron chi connectivity index (χ3n) is 7.28. The zero-order valence-electron chi connectivity index (χ0n) is 22.8. The number of benzene rings is 3. The van der Waals surface area contributed by atoms with Crippen LogP contribution in [0.25, 0.3) is 10.9 Å². The molecule has 6 rings (SSSR count). The highest BCUT2D eigenvalue weighted by molar-refractivity contribution is 6.31. The predicted octanol–water partition coefficient (Wildman–Crippen LogP) is 6.35. The van der Waals surface area contributed by atoms with Crippen molar-refractivity contribution in [3.63, 3.8) is 0 Å². The number of H-pyrrole nitrogens is 1. The first-order valence-electron chi connectivity index (χ1n) is 13.5. The number of methoxy groups -OCH3 is 1. The molecule has 1 amide bonds. The second-order valence-electron chi connectivity index (χ2n) is 9.97. The van der Waals surface area contributed by atoms with Crippen LogP contribution in [0, 0.1) is 6.92 Å². The monoisotopic (exact) mass is 571 g/mol. The Balaban J connectivity index is 1.31. The molecule has 3 aromatic carbocycles. The minimum absolute atomic E-state index is 0.423. The number of hydrogen-bond acceptors (Lipinski definition) is 6. The number of aromatic nitrogens is 4. The van der Waals surface area contributed by atoms with E-state index < -0.39 is 12.1 Å². The van der Waals surface area contributed by atoms with Crippen molar-refractivity contribution >= 4 is 28.6 Å². The van der Waals surface area contributed by atoms with Crippen LogP contribution in [0.2, 0.25) is 5.02 Å². The van der Waals surface area contributed by atoms with Gasteiger partial charge in [0.15, 0.2) is 11.5 Å². The molecule has 0 radical (unpaired) electrons. The summed E-state index contributed by atoms with van der Waals surface area (Å²) in [6.45, 7) is 3.60. The summed E-state index contributed by atoms with van der Waals surface area (Å²) in [5, 5.41) is 9.97. The molecule has 0 spiro atoms. The molecular formula is C31H30ClN5O4. The maximum Gasteiger partial charge on any atom is 0.416 e. The smallest absolute Gasteiger partial charge is 0.416 e. The Hall–Kier alpha value is -4.50. The molecule has 9 nitrogen and oxygen atoms in total. The number of nitrogens with one attached hydrogen (secondary N) is 1. The molecule has 0 saturated carbocycles. The lowest BCUT2D eigenvalue weighted by atomic mass is 9.92. The number of amides is 1. The fraction of sp³-hybridized carbons (Fsp3) is 0.258. The van der Waals surface area contributed by atoms with E-state index in [0.717, 1.165) is 39.7 Å². The number of carbonyl (C=O) groups is 1. The van der Waals surface area contributed by atoms with E-state index in [9.17, 15) is 4.79 Å². The van der Waals surface area contributed by atoms with Crippen LogP contribution in [0.15, 0.2) is 73.1 Å². The van der Waals surface area contributed by atoms with Gasteiger partial charge in [0.25, 0.3) is 0 Å². The molecule has 0 fully saturated rings. The molecule has 0 saturated heterocycles. The first-order valence-corrected chi connectivity index (χ1v) is 13.9. The first-order chi connectivity index (χ1) is 20.0. The van der Waals surface area contributed by atoms with E-state index >= 15 is 0 Å². The average Bonchev–Trinajstić information content (AvgIpc) is 3.64. The van der Waals surface area contributed by atoms with Crippen molar-refractivity contribution in [1.29, 1.82) is 0 Å². The third-order valence-corrected chi connectivity index (χ3v) is 7.51. The van der Waals surface area contributed by atoms with E-state index in [1.54, 1.807) is 41.3 Å². The van der Waals surface area contributed by atoms with Gasteiger partial charge in [0.1, 0.15) is 11.8 Å². The summed E-state index contributed by atoms with van der Waals surface area (Å²) in [5.74, 6) is 1.70. The molecular weight excluding hydrogens is 542 g/mol. The fourth-order valence-electron chi connectivity index (χ4n) is 5.29. The predicted molar refractivity (Wildman–Crippen MR) is 156 cm³/mol. The Bertz CT molecular complexity index is 1670. The molecule has 2 aromatic heterocycles. The lowest BCUT2D eigenvalue weighted by Crippen LogP contribution is -2.42. The first kappa shape index (κ1) is 26.7. The van der Waals surface area contributed by atoms with E-state index in [2.05, 4.69) is 15.2 Å². The quantitative estimate of drug-likeness (QED) is 0.218. The van der Waals surface area contributed by atoms with Gasteiger partial charge in [-0.25, -0.2) is 4.79 Å². The van der Waals surface area contributed by atoms with Crippen LogP contribution in [0.4, 0.5) is 4.79 Å². The fourth-order valence-corrected chi connectivity index (χ4v) is 5.46. The summed E-state index contributed by atoms with van der Waals surface area (Å²) in [5.41, 5.74) is 5.00. The van der Waals surface area contributed by atoms with Gasteiger partial charge in [-0.2, -0.15) is 15.0 Å². The maximum absolute atomic E-state index is 13.6. The van der Waals surface area contributed by atoms with Gasteiger partial charge in [-0.05, 0) is 66.9 Å². The van der Waals surface area contributed by atoms with Crippen molar-refractivity contribution in [1.82, 2.24) is 24.9 Å². The zero-order chi connectivity index (χ0) is 28.3. The molecule has 1 unspecified atom stereocenters. The second kappa shape index (κ2) is 11.5. The molecule has 10 heteroatoms. The summed E-state index contributed by atoms with van der Waals surface area (Å²) in [7, 11) is 1.61. The van der Waals surface area contributed by atoms with Gasteiger partial charge >= 0.3 is 6.09 Å². The second-order valence-corrected chi connectivity index (χ2v) is 10.4. The van der Waals surface area contributed by atoms with E-state index in [1.165, 1.54) is 0 Å². The van der Waals surface area contributed by atoms with Gasteiger partial charge in [-0.3, -0.25) is 4.90 Å². The normalized spacial score (nSPS) is 14.6. The van der Waals surface area contributed by atoms with Crippen molar-refractivity contribution in [2.45, 2.75) is 32.4 Å². The maximum atomic E-state index is 13.6. The Kier molecular flexibility index (Phi) is 7.52. The lowest BCUT2D eigenvalue weighted by Gasteiger charge is -2.35. The minimum atomic E-state index is -0.434. The summed E-state index contributed by atoms with van der Waals surface area (Å²) >= 11 is 6.35. The van der Waals surface area contributed by atoms with Crippen molar-refractivity contribution in [3.05, 3.63) is 100 Å². The molecule has 210 valence electrons. The molecule has 5 aromatic rings. The number of hydrogen-bond donors (Lipinski definition) is 1. The van der Waals surface area contributed by atoms with Gasteiger partial charge in [0, 0.05) is 34.6 Å². The summed E-state index contributed by atoms with van der Waals surface area (Å²) in [6, 6.07) is 18.6. The van der Waals surface area contributed by atoms with Gasteiger partial charge in [0.05, 0.1) is 32.7 Å². The Morgan fingerprint density at radius 1 is 1.05 bits per heavy atom. The molecule has 1 aliphatic heterocycles. The van der Waals surface area contributed by atoms with Crippen molar-refractivity contribution in [2.75, 3.05) is 20.3 Å². The molecule has 0 bridgehead atoms. The highest BCUT2D eigenvalue weighted by atomic mass is 35.5. The molecule has 41 heavy (non-hydrogen) atoms. The van der Waals surface area contributed by atoms with Crippen LogP contribution in [0.5, 0.6) is 17.2 Å². The third kappa shape index (κ3) is 5.58. The lowest BCUT2D eigenvalue weighted by molar-refractivity contribution is 0.135. The van der Waals surface area contributed by atoms with Gasteiger partial charge in [-0.15, -0.1) is 0 Å². The van der Waals surface area contributed by atoms with Crippen LogP contribution in [-0.2, 0) is 13.0 Å². The van der Waals surface area contributed by atoms with Crippen LogP contribution >= 0.6 is 11.6 Å². The van der Waals surface area contributed by atoms with Crippen LogP contribution in [0.3, 0.4) is 0 Å². The number of carbonyl (C=O) groups excluding carboxylic acids is 1. The topological polar surface area (TPSA) is 94.5 Å². The largest absolute Gasteiger partial charge is 0.493 e. The number of rotatable bonds is 8. The standard InChI is InChI=1S/C31H30ClN5O4/c1-20-4-8-23(9-5-20)41-31(38)36-16-12-24-25-19-22(32)7-10-26(25)35-29(24)30(36)21-6-11-27(28(18-21)39-2)40-17-3-15-37-33-13-14-34-37/h4-11,13-14,18-19,30,35H,3,12,15-17H2,1-2H3. The summed E-state index contributed by atoms with van der Waals surface area (Å²) in [4.78, 5) is 20.6. The van der Waals surface area contributed by atoms with E-state index in [4.69, 9.17) is 25.8 Å². The number of nitrogens with zero attached hydrogens (tertiary/aromatic N) is 4. The zero-order valence-corrected chi connectivity index (χ0v) is 23.6. The van der Waals surface area contributed by atoms with Crippen LogP contribution < -0.4 is 14.2 Å². The summed E-state index contributed by atoms with van der Waals surface area (Å²) in [6.07, 6.45) is 4.29. The van der Waals surface area contributed by atoms with E-state index in [1.807, 2.05) is 55.5 Å². The average molecular weight is 572 g/mol. The number of halogens is 1. The van der Waals surface area contributed by atoms with Crippen molar-refractivity contribution < 1.29 is 19.0 Å². The molecule has 1 aliphatic rings. The number of ether oxygens (including phenoxy) is 3. The molecule has 3 heterocycles. The van der Waals surface area contributed by atoms with E-state index in [0.29, 0.717) is 48.4 Å². The van der Waals surface area contributed by atoms with Gasteiger partial charge in [0.2, 0.25) is 0 Å². The number of aryl methyl sites for hydroxylation is 2. The molecule has 1 atom stereocenters. The SMILES string of the molecule is COc1cc(C2c3[nH]c4ccc(Cl)cc4c3CCN2C(=O)Oc2ccc(C)cc2)ccc1OCCCn1nccn1. The summed E-state index contributed by atoms with van der Waals surface area (Å²) < 4.78 is 17.6. The van der Waals surface area contributed by atoms with Crippen molar-refractivity contribution in [2.24, 2.45) is 0 Å². The minimum Gasteiger partial charge on any atom is -0.493 e. The number of aromatic amines is 1. The van der Waals surface area contributed by atoms with Crippen LogP contribution in [-0.4, -0.2) is 51.2 Å². The molecule has 1 N–H and O–H groups in total. The Morgan fingerprint density at radius 3 is 2.63 bits per heavy atom. The highest BCUT2D eigenvalue weighted by Crippen LogP contribution is 2.41. The Labute approximate surface area is 242 Å². The Morgan fingerprint density at radius 2 is 1.85 bits per heavy atom. The van der Waals surface area contributed by atoms with Gasteiger partial charge in [-0.1, -0.05) is 35.4 Å². The van der Waals surface area contributed by atoms with Crippen LogP contribution in [0.1, 0.15) is 34.8 Å². The number of fused-ring (bicyclic) bond motifs is 3.